The summed E-state index contributed by atoms with van der Waals surface area (Å²) in [7, 11) is -1.80. The van der Waals surface area contributed by atoms with E-state index in [1.165, 1.54) is 9.75 Å². The number of aliphatic imine (C=N–C) groups is 1. The van der Waals surface area contributed by atoms with Crippen LogP contribution in [0.3, 0.4) is 0 Å². The maximum Gasteiger partial charge on any atom is 0.240 e. The molecule has 29 heavy (non-hydrogen) atoms. The molecule has 1 fully saturated rings. The minimum absolute atomic E-state index is 0.0226. The van der Waals surface area contributed by atoms with Gasteiger partial charge in [0.15, 0.2) is 5.96 Å². The summed E-state index contributed by atoms with van der Waals surface area (Å²) in [5, 5.41) is 6.53. The molecule has 9 heteroatoms. The van der Waals surface area contributed by atoms with Gasteiger partial charge >= 0.3 is 0 Å². The first-order valence-corrected chi connectivity index (χ1v) is 12.0. The molecule has 158 valence electrons. The van der Waals surface area contributed by atoms with Gasteiger partial charge in [-0.1, -0.05) is 12.1 Å². The van der Waals surface area contributed by atoms with E-state index in [1.807, 2.05) is 12.1 Å². The molecule has 1 aromatic heterocycles. The average Bonchev–Trinajstić information content (AvgIpc) is 3.39. The molecule has 1 aromatic carbocycles. The molecule has 1 atom stereocenters. The van der Waals surface area contributed by atoms with Crippen molar-refractivity contribution in [3.63, 3.8) is 0 Å². The quantitative estimate of drug-likeness (QED) is 0.437. The molecular formula is C20H28N4O3S2. The van der Waals surface area contributed by atoms with Crippen molar-refractivity contribution in [3.8, 4) is 0 Å². The second-order valence-corrected chi connectivity index (χ2v) is 10.1. The van der Waals surface area contributed by atoms with E-state index in [0.717, 1.165) is 18.4 Å². The molecule has 2 heterocycles. The van der Waals surface area contributed by atoms with Crippen LogP contribution in [0.1, 0.15) is 28.2 Å². The van der Waals surface area contributed by atoms with Gasteiger partial charge in [0.2, 0.25) is 10.0 Å². The highest BCUT2D eigenvalue weighted by molar-refractivity contribution is 7.89. The lowest BCUT2D eigenvalue weighted by Crippen LogP contribution is -2.36. The Labute approximate surface area is 176 Å². The fourth-order valence-electron chi connectivity index (χ4n) is 3.04. The number of rotatable bonds is 8. The van der Waals surface area contributed by atoms with Crippen LogP contribution in [-0.2, 0) is 27.8 Å². The monoisotopic (exact) mass is 436 g/mol. The van der Waals surface area contributed by atoms with E-state index >= 15 is 0 Å². The molecule has 1 aliphatic rings. The van der Waals surface area contributed by atoms with E-state index < -0.39 is 10.0 Å². The molecule has 0 saturated carbocycles. The Kier molecular flexibility index (Phi) is 7.65. The minimum atomic E-state index is -3.52. The summed E-state index contributed by atoms with van der Waals surface area (Å²) in [6.45, 7) is 4.37. The highest BCUT2D eigenvalue weighted by Gasteiger charge is 2.20. The van der Waals surface area contributed by atoms with Gasteiger partial charge in [0.25, 0.3) is 0 Å². The predicted octanol–water partition coefficient (Wildman–Crippen LogP) is 2.38. The first-order valence-electron chi connectivity index (χ1n) is 9.66. The fourth-order valence-corrected chi connectivity index (χ4v) is 4.93. The Morgan fingerprint density at radius 2 is 1.93 bits per heavy atom. The number of aryl methyl sites for hydroxylation is 1. The SMILES string of the molecule is CN=C(NCc1ccc(S(=O)(=O)NCC2CCCO2)cc1)NCc1ccc(C)s1. The van der Waals surface area contributed by atoms with Gasteiger partial charge in [0, 0.05) is 36.5 Å². The van der Waals surface area contributed by atoms with Gasteiger partial charge in [-0.25, -0.2) is 13.1 Å². The smallest absolute Gasteiger partial charge is 0.240 e. The molecule has 0 amide bonds. The molecule has 1 aliphatic heterocycles. The number of nitrogens with zero attached hydrogens (tertiary/aromatic N) is 1. The third-order valence-corrected chi connectivity index (χ3v) is 7.11. The van der Waals surface area contributed by atoms with Crippen molar-refractivity contribution in [3.05, 3.63) is 51.7 Å². The highest BCUT2D eigenvalue weighted by atomic mass is 32.2. The number of sulfonamides is 1. The van der Waals surface area contributed by atoms with Crippen molar-refractivity contribution in [2.24, 2.45) is 4.99 Å². The first-order chi connectivity index (χ1) is 14.0. The van der Waals surface area contributed by atoms with Crippen molar-refractivity contribution in [1.82, 2.24) is 15.4 Å². The van der Waals surface area contributed by atoms with Gasteiger partial charge in [-0.2, -0.15) is 0 Å². The summed E-state index contributed by atoms with van der Waals surface area (Å²) in [5.74, 6) is 0.700. The fraction of sp³-hybridized carbons (Fsp3) is 0.450. The van der Waals surface area contributed by atoms with E-state index in [4.69, 9.17) is 4.74 Å². The molecule has 3 rings (SSSR count). The summed E-state index contributed by atoms with van der Waals surface area (Å²) in [6, 6.07) is 11.1. The summed E-state index contributed by atoms with van der Waals surface area (Å²) in [5.41, 5.74) is 0.970. The number of thiophene rings is 1. The van der Waals surface area contributed by atoms with Gasteiger partial charge in [-0.15, -0.1) is 11.3 Å². The van der Waals surface area contributed by atoms with Crippen molar-refractivity contribution in [2.45, 2.75) is 43.9 Å². The number of nitrogens with one attached hydrogen (secondary N) is 3. The van der Waals surface area contributed by atoms with E-state index in [2.05, 4.69) is 39.4 Å². The maximum absolute atomic E-state index is 12.4. The van der Waals surface area contributed by atoms with Gasteiger partial charge in [-0.3, -0.25) is 4.99 Å². The molecule has 0 spiro atoms. The molecule has 1 unspecified atom stereocenters. The van der Waals surface area contributed by atoms with Crippen LogP contribution in [0, 0.1) is 6.92 Å². The molecule has 0 bridgehead atoms. The Hall–Kier alpha value is -1.94. The van der Waals surface area contributed by atoms with E-state index in [0.29, 0.717) is 32.2 Å². The van der Waals surface area contributed by atoms with Crippen LogP contribution in [-0.4, -0.2) is 40.7 Å². The minimum Gasteiger partial charge on any atom is -0.377 e. The number of hydrogen-bond donors (Lipinski definition) is 3. The van der Waals surface area contributed by atoms with Gasteiger partial charge in [0.05, 0.1) is 17.5 Å². The summed E-state index contributed by atoms with van der Waals surface area (Å²) >= 11 is 1.75. The van der Waals surface area contributed by atoms with Crippen LogP contribution in [0.2, 0.25) is 0 Å². The van der Waals surface area contributed by atoms with E-state index in [-0.39, 0.29) is 11.0 Å². The largest absolute Gasteiger partial charge is 0.377 e. The zero-order valence-electron chi connectivity index (χ0n) is 16.8. The summed E-state index contributed by atoms with van der Waals surface area (Å²) in [6.07, 6.45) is 1.86. The number of ether oxygens (including phenoxy) is 1. The molecule has 1 saturated heterocycles. The Morgan fingerprint density at radius 3 is 2.55 bits per heavy atom. The molecule has 7 nitrogen and oxygen atoms in total. The normalized spacial score (nSPS) is 17.4. The zero-order chi connectivity index (χ0) is 20.7. The molecule has 0 radical (unpaired) electrons. The van der Waals surface area contributed by atoms with Crippen molar-refractivity contribution in [1.29, 1.82) is 0 Å². The number of guanidine groups is 1. The third kappa shape index (κ3) is 6.53. The van der Waals surface area contributed by atoms with Crippen LogP contribution < -0.4 is 15.4 Å². The molecule has 3 N–H and O–H groups in total. The lowest BCUT2D eigenvalue weighted by Gasteiger charge is -2.13. The highest BCUT2D eigenvalue weighted by Crippen LogP contribution is 2.15. The number of benzene rings is 1. The third-order valence-electron chi connectivity index (χ3n) is 4.67. The van der Waals surface area contributed by atoms with Crippen LogP contribution in [0.25, 0.3) is 0 Å². The van der Waals surface area contributed by atoms with Crippen molar-refractivity contribution in [2.75, 3.05) is 20.2 Å². The van der Waals surface area contributed by atoms with Gasteiger partial charge in [-0.05, 0) is 49.6 Å². The second kappa shape index (κ2) is 10.2. The van der Waals surface area contributed by atoms with Crippen LogP contribution in [0.15, 0.2) is 46.3 Å². The predicted molar refractivity (Wildman–Crippen MR) is 117 cm³/mol. The second-order valence-electron chi connectivity index (χ2n) is 6.92. The lowest BCUT2D eigenvalue weighted by molar-refractivity contribution is 0.114. The van der Waals surface area contributed by atoms with Gasteiger partial charge < -0.3 is 15.4 Å². The molecule has 2 aromatic rings. The summed E-state index contributed by atoms with van der Waals surface area (Å²) in [4.78, 5) is 7.01. The topological polar surface area (TPSA) is 91.8 Å². The van der Waals surface area contributed by atoms with Crippen LogP contribution >= 0.6 is 11.3 Å². The molecular weight excluding hydrogens is 408 g/mol. The lowest BCUT2D eigenvalue weighted by atomic mass is 10.2. The van der Waals surface area contributed by atoms with E-state index in [1.54, 1.807) is 30.5 Å². The standard InChI is InChI=1S/C20H28N4O3S2/c1-15-5-8-18(28-15)14-23-20(21-2)22-12-16-6-9-19(10-7-16)29(25,26)24-13-17-4-3-11-27-17/h5-10,17,24H,3-4,11-14H2,1-2H3,(H2,21,22,23). The van der Waals surface area contributed by atoms with Gasteiger partial charge in [0.1, 0.15) is 0 Å². The van der Waals surface area contributed by atoms with Crippen LogP contribution in [0.5, 0.6) is 0 Å². The first kappa shape index (κ1) is 21.8. The average molecular weight is 437 g/mol. The Bertz CT molecular complexity index is 917. The summed E-state index contributed by atoms with van der Waals surface area (Å²) < 4.78 is 32.9. The maximum atomic E-state index is 12.4. The Balaban J connectivity index is 1.48. The van der Waals surface area contributed by atoms with Crippen molar-refractivity contribution < 1.29 is 13.2 Å². The van der Waals surface area contributed by atoms with Crippen LogP contribution in [0.4, 0.5) is 0 Å². The Morgan fingerprint density at radius 1 is 1.17 bits per heavy atom. The van der Waals surface area contributed by atoms with E-state index in [9.17, 15) is 8.42 Å². The number of hydrogen-bond acceptors (Lipinski definition) is 5. The zero-order valence-corrected chi connectivity index (χ0v) is 18.4. The molecule has 0 aliphatic carbocycles. The van der Waals surface area contributed by atoms with Crippen molar-refractivity contribution >= 4 is 27.3 Å².